The van der Waals surface area contributed by atoms with Gasteiger partial charge in [-0.3, -0.25) is 4.79 Å². The Morgan fingerprint density at radius 2 is 1.58 bits per heavy atom. The minimum Gasteiger partial charge on any atom is -0.483 e. The van der Waals surface area contributed by atoms with Gasteiger partial charge in [0.25, 0.3) is 0 Å². The molecular formula is C29H32Br2O5. The number of benzene rings is 3. The van der Waals surface area contributed by atoms with Gasteiger partial charge in [-0.05, 0) is 91.6 Å². The van der Waals surface area contributed by atoms with Crippen molar-refractivity contribution in [1.29, 1.82) is 0 Å². The molecule has 0 bridgehead atoms. The highest BCUT2D eigenvalue weighted by molar-refractivity contribution is 9.11. The van der Waals surface area contributed by atoms with Crippen LogP contribution in [0.5, 0.6) is 17.2 Å². The van der Waals surface area contributed by atoms with Gasteiger partial charge in [0.2, 0.25) is 0 Å². The molecule has 0 aliphatic rings. The maximum absolute atomic E-state index is 11.2. The van der Waals surface area contributed by atoms with Gasteiger partial charge in [0.15, 0.2) is 17.2 Å². The third-order valence-corrected chi connectivity index (χ3v) is 7.05. The number of aryl methyl sites for hydroxylation is 1. The van der Waals surface area contributed by atoms with Gasteiger partial charge >= 0.3 is 5.97 Å². The Hall–Kier alpha value is -2.35. The number of rotatable bonds is 10. The smallest absolute Gasteiger partial charge is 0.307 e. The second kappa shape index (κ2) is 12.3. The van der Waals surface area contributed by atoms with Gasteiger partial charge in [-0.25, -0.2) is 0 Å². The van der Waals surface area contributed by atoms with Crippen molar-refractivity contribution in [2.45, 2.75) is 59.2 Å². The Morgan fingerprint density at radius 1 is 0.917 bits per heavy atom. The lowest BCUT2D eigenvalue weighted by Gasteiger charge is -2.29. The van der Waals surface area contributed by atoms with E-state index in [1.165, 1.54) is 0 Å². The topological polar surface area (TPSA) is 76.0 Å². The summed E-state index contributed by atoms with van der Waals surface area (Å²) in [7, 11) is 0. The molecule has 0 saturated carbocycles. The maximum Gasteiger partial charge on any atom is 0.307 e. The number of hydrogen-bond donors (Lipinski definition) is 2. The van der Waals surface area contributed by atoms with Crippen molar-refractivity contribution >= 4 is 37.8 Å². The summed E-state index contributed by atoms with van der Waals surface area (Å²) < 4.78 is 14.0. The van der Waals surface area contributed by atoms with Gasteiger partial charge in [0.05, 0.1) is 15.4 Å². The number of ether oxygens (including phenoxy) is 2. The highest BCUT2D eigenvalue weighted by atomic mass is 79.9. The van der Waals surface area contributed by atoms with Crippen molar-refractivity contribution in [2.75, 3.05) is 0 Å². The van der Waals surface area contributed by atoms with Gasteiger partial charge in [-0.1, -0.05) is 63.6 Å². The summed E-state index contributed by atoms with van der Waals surface area (Å²) in [4.78, 5) is 11.1. The minimum atomic E-state index is -0.908. The van der Waals surface area contributed by atoms with E-state index in [4.69, 9.17) is 14.6 Å². The zero-order chi connectivity index (χ0) is 26.6. The number of carbonyl (C=O) groups is 1. The second-order valence-corrected chi connectivity index (χ2v) is 11.3. The minimum absolute atomic E-state index is 0.0203. The summed E-state index contributed by atoms with van der Waals surface area (Å²) in [5.74, 6) is 0.913. The van der Waals surface area contributed by atoms with Gasteiger partial charge < -0.3 is 19.7 Å². The number of aliphatic hydroxyl groups is 1. The van der Waals surface area contributed by atoms with Gasteiger partial charge in [-0.15, -0.1) is 0 Å². The molecule has 192 valence electrons. The van der Waals surface area contributed by atoms with Crippen LogP contribution in [0.25, 0.3) is 0 Å². The van der Waals surface area contributed by atoms with Crippen molar-refractivity contribution in [1.82, 2.24) is 0 Å². The standard InChI is InChI=1S/C29H32Br2O5/c1-16(2)20-9-10-24(35-28(17(3)4)27(34)21-8-6-7-18(5)11-21)25(15-20)36-29-22(30)12-19(13-23(29)31)14-26(32)33/h6-13,15-17,27-28,34H,14H2,1-5H3,(H,32,33). The van der Waals surface area contributed by atoms with Crippen LogP contribution in [0.1, 0.15) is 62.0 Å². The summed E-state index contributed by atoms with van der Waals surface area (Å²) in [6.07, 6.45) is -1.43. The number of aliphatic hydroxyl groups excluding tert-OH is 1. The predicted octanol–water partition coefficient (Wildman–Crippen LogP) is 8.20. The Kier molecular flexibility index (Phi) is 9.61. The van der Waals surface area contributed by atoms with E-state index < -0.39 is 18.2 Å². The highest BCUT2D eigenvalue weighted by Gasteiger charge is 2.28. The fourth-order valence-corrected chi connectivity index (χ4v) is 5.36. The number of aliphatic carboxylic acids is 1. The molecule has 3 aromatic carbocycles. The van der Waals surface area contributed by atoms with Crippen LogP contribution in [0, 0.1) is 12.8 Å². The van der Waals surface area contributed by atoms with Crippen LogP contribution >= 0.6 is 31.9 Å². The summed E-state index contributed by atoms with van der Waals surface area (Å²) in [6.45, 7) is 10.2. The van der Waals surface area contributed by atoms with Crippen molar-refractivity contribution < 1.29 is 24.5 Å². The zero-order valence-corrected chi connectivity index (χ0v) is 24.3. The summed E-state index contributed by atoms with van der Waals surface area (Å²) in [6, 6.07) is 17.1. The molecule has 2 atom stereocenters. The lowest BCUT2D eigenvalue weighted by Crippen LogP contribution is -2.31. The monoisotopic (exact) mass is 618 g/mol. The molecule has 0 amide bonds. The number of halogens is 2. The molecule has 0 aliphatic carbocycles. The number of carboxylic acids is 1. The van der Waals surface area contributed by atoms with Crippen LogP contribution < -0.4 is 9.47 Å². The average Bonchev–Trinajstić information content (AvgIpc) is 2.79. The van der Waals surface area contributed by atoms with E-state index in [9.17, 15) is 9.90 Å². The third kappa shape index (κ3) is 7.11. The molecule has 0 saturated heterocycles. The summed E-state index contributed by atoms with van der Waals surface area (Å²) >= 11 is 7.05. The van der Waals surface area contributed by atoms with E-state index in [1.807, 2.05) is 63.2 Å². The summed E-state index contributed by atoms with van der Waals surface area (Å²) in [5, 5.41) is 20.4. The molecule has 36 heavy (non-hydrogen) atoms. The molecule has 2 unspecified atom stereocenters. The van der Waals surface area contributed by atoms with Crippen LogP contribution in [0.2, 0.25) is 0 Å². The Labute approximate surface area is 229 Å². The van der Waals surface area contributed by atoms with E-state index >= 15 is 0 Å². The molecule has 0 fully saturated rings. The molecule has 5 nitrogen and oxygen atoms in total. The lowest BCUT2D eigenvalue weighted by atomic mass is 9.95. The first-order valence-electron chi connectivity index (χ1n) is 11.9. The third-order valence-electron chi connectivity index (χ3n) is 5.87. The normalized spacial score (nSPS) is 13.1. The van der Waals surface area contributed by atoms with E-state index in [-0.39, 0.29) is 18.3 Å². The molecule has 2 N–H and O–H groups in total. The molecule has 3 aromatic rings. The fourth-order valence-electron chi connectivity index (χ4n) is 3.91. The van der Waals surface area contributed by atoms with Crippen LogP contribution in [0.15, 0.2) is 63.5 Å². The average molecular weight is 620 g/mol. The SMILES string of the molecule is Cc1cccc(C(O)C(Oc2ccc(C(C)C)cc2Oc2c(Br)cc(CC(=O)O)cc2Br)C(C)C)c1. The molecule has 7 heteroatoms. The van der Waals surface area contributed by atoms with Crippen LogP contribution in [0.3, 0.4) is 0 Å². The van der Waals surface area contributed by atoms with Crippen molar-refractivity contribution in [3.63, 3.8) is 0 Å². The first-order chi connectivity index (χ1) is 17.0. The zero-order valence-electron chi connectivity index (χ0n) is 21.1. The highest BCUT2D eigenvalue weighted by Crippen LogP contribution is 2.43. The second-order valence-electron chi connectivity index (χ2n) is 9.61. The molecule has 0 aromatic heterocycles. The van der Waals surface area contributed by atoms with Gasteiger partial charge in [-0.2, -0.15) is 0 Å². The van der Waals surface area contributed by atoms with Crippen molar-refractivity contribution in [3.05, 3.63) is 85.8 Å². The van der Waals surface area contributed by atoms with Crippen molar-refractivity contribution in [2.24, 2.45) is 5.92 Å². The van der Waals surface area contributed by atoms with Crippen LogP contribution in [-0.2, 0) is 11.2 Å². The molecule has 0 spiro atoms. The Balaban J connectivity index is 2.00. The van der Waals surface area contributed by atoms with E-state index in [0.717, 1.165) is 16.7 Å². The summed E-state index contributed by atoms with van der Waals surface area (Å²) in [5.41, 5.74) is 3.59. The Bertz CT molecular complexity index is 1200. The fraction of sp³-hybridized carbons (Fsp3) is 0.345. The quantitative estimate of drug-likeness (QED) is 0.239. The Morgan fingerprint density at radius 3 is 2.14 bits per heavy atom. The van der Waals surface area contributed by atoms with Crippen molar-refractivity contribution in [3.8, 4) is 17.2 Å². The molecule has 3 rings (SSSR count). The number of hydrogen-bond acceptors (Lipinski definition) is 4. The van der Waals surface area contributed by atoms with E-state index in [0.29, 0.717) is 31.8 Å². The maximum atomic E-state index is 11.2. The lowest BCUT2D eigenvalue weighted by molar-refractivity contribution is -0.136. The van der Waals surface area contributed by atoms with E-state index in [2.05, 4.69) is 45.7 Å². The van der Waals surface area contributed by atoms with Crippen LogP contribution in [0.4, 0.5) is 0 Å². The number of carboxylic acid groups (broad SMARTS) is 1. The molecule has 0 radical (unpaired) electrons. The van der Waals surface area contributed by atoms with Gasteiger partial charge in [0.1, 0.15) is 12.2 Å². The van der Waals surface area contributed by atoms with Crippen LogP contribution in [-0.4, -0.2) is 22.3 Å². The first-order valence-corrected chi connectivity index (χ1v) is 13.5. The predicted molar refractivity (Wildman–Crippen MR) is 149 cm³/mol. The van der Waals surface area contributed by atoms with E-state index in [1.54, 1.807) is 12.1 Å². The molecule has 0 aliphatic heterocycles. The first kappa shape index (κ1) is 28.2. The molecule has 0 heterocycles. The van der Waals surface area contributed by atoms with Gasteiger partial charge in [0, 0.05) is 0 Å². The molecular weight excluding hydrogens is 588 g/mol. The largest absolute Gasteiger partial charge is 0.483 e.